The molecule has 9 nitrogen and oxygen atoms in total. The number of thiocarbonyl (C=S) groups is 1. The van der Waals surface area contributed by atoms with Crippen molar-refractivity contribution in [3.63, 3.8) is 0 Å². The summed E-state index contributed by atoms with van der Waals surface area (Å²) in [6, 6.07) is 14.2. The molecular weight excluding hydrogens is 557 g/mol. The van der Waals surface area contributed by atoms with E-state index in [0.717, 1.165) is 33.2 Å². The number of nitrogens with two attached hydrogens (primary N) is 1. The SMILES string of the molecule is CCCS(=O)(=O)N1CCC(n2cc(-c3cccc(C(N)=S)c3)c3ccc(CNC(=O)Cc4c[nH]cn4)cc32)CC1C. The lowest BCUT2D eigenvalue weighted by atomic mass is 10.00. The van der Waals surface area contributed by atoms with E-state index in [4.69, 9.17) is 18.0 Å². The van der Waals surface area contributed by atoms with Crippen LogP contribution in [0.25, 0.3) is 22.0 Å². The van der Waals surface area contributed by atoms with Gasteiger partial charge in [-0.2, -0.15) is 4.31 Å². The van der Waals surface area contributed by atoms with Gasteiger partial charge in [-0.05, 0) is 49.4 Å². The topological polar surface area (TPSA) is 126 Å². The number of nitrogens with one attached hydrogen (secondary N) is 2. The van der Waals surface area contributed by atoms with Crippen LogP contribution in [0, 0.1) is 0 Å². The Balaban J connectivity index is 1.47. The average Bonchev–Trinajstić information content (AvgIpc) is 3.59. The summed E-state index contributed by atoms with van der Waals surface area (Å²) in [6.45, 7) is 4.77. The maximum atomic E-state index is 12.9. The molecule has 3 heterocycles. The standard InChI is InChI=1S/C30H36N6O3S2/c1-3-11-41(38,39)36-10-9-25(12-20(36)2)35-18-27(22-5-4-6-23(14-22)30(31)40)26-8-7-21(13-28(26)35)16-33-29(37)15-24-17-32-19-34-24/h4-8,13-14,17-20,25H,3,9-12,15-16H2,1-2H3,(H2,31,40)(H,32,34)(H,33,37). The van der Waals surface area contributed by atoms with E-state index >= 15 is 0 Å². The van der Waals surface area contributed by atoms with E-state index in [1.807, 2.05) is 44.2 Å². The second-order valence-corrected chi connectivity index (χ2v) is 13.2. The molecule has 11 heteroatoms. The van der Waals surface area contributed by atoms with E-state index in [9.17, 15) is 13.2 Å². The third-order valence-corrected chi connectivity index (χ3v) is 10.2. The highest BCUT2D eigenvalue weighted by atomic mass is 32.2. The molecule has 216 valence electrons. The number of H-pyrrole nitrogens is 1. The van der Waals surface area contributed by atoms with Gasteiger partial charge < -0.3 is 20.6 Å². The van der Waals surface area contributed by atoms with Gasteiger partial charge in [0, 0.05) is 59.6 Å². The highest BCUT2D eigenvalue weighted by molar-refractivity contribution is 7.89. The zero-order valence-corrected chi connectivity index (χ0v) is 25.0. The first kappa shape index (κ1) is 29.0. The van der Waals surface area contributed by atoms with Gasteiger partial charge in [-0.15, -0.1) is 0 Å². The van der Waals surface area contributed by atoms with Gasteiger partial charge in [0.1, 0.15) is 4.99 Å². The van der Waals surface area contributed by atoms with E-state index < -0.39 is 10.0 Å². The highest BCUT2D eigenvalue weighted by Gasteiger charge is 2.34. The van der Waals surface area contributed by atoms with Crippen molar-refractivity contribution >= 4 is 44.0 Å². The molecule has 0 aliphatic carbocycles. The molecule has 0 radical (unpaired) electrons. The Hall–Kier alpha value is -3.54. The Bertz CT molecular complexity index is 1660. The average molecular weight is 593 g/mol. The number of carbonyl (C=O) groups is 1. The lowest BCUT2D eigenvalue weighted by molar-refractivity contribution is -0.120. The van der Waals surface area contributed by atoms with E-state index in [2.05, 4.69) is 38.2 Å². The molecule has 1 amide bonds. The van der Waals surface area contributed by atoms with Crippen molar-refractivity contribution in [2.24, 2.45) is 5.73 Å². The number of imidazole rings is 1. The maximum absolute atomic E-state index is 12.9. The van der Waals surface area contributed by atoms with E-state index in [1.54, 1.807) is 16.8 Å². The summed E-state index contributed by atoms with van der Waals surface area (Å²) >= 11 is 5.23. The van der Waals surface area contributed by atoms with Crippen molar-refractivity contribution in [3.8, 4) is 11.1 Å². The summed E-state index contributed by atoms with van der Waals surface area (Å²) in [5.74, 6) is 0.0741. The Morgan fingerprint density at radius 2 is 2.07 bits per heavy atom. The van der Waals surface area contributed by atoms with Gasteiger partial charge >= 0.3 is 0 Å². The number of rotatable bonds is 10. The number of sulfonamides is 1. The molecule has 4 N–H and O–H groups in total. The van der Waals surface area contributed by atoms with E-state index in [1.165, 1.54) is 0 Å². The Labute approximate surface area is 246 Å². The predicted octanol–water partition coefficient (Wildman–Crippen LogP) is 4.29. The minimum absolute atomic E-state index is 0.0997. The number of amides is 1. The van der Waals surface area contributed by atoms with Crippen LogP contribution >= 0.6 is 12.2 Å². The smallest absolute Gasteiger partial charge is 0.226 e. The minimum atomic E-state index is -3.27. The van der Waals surface area contributed by atoms with Crippen molar-refractivity contribution in [1.82, 2.24) is 24.2 Å². The second kappa shape index (κ2) is 12.1. The maximum Gasteiger partial charge on any atom is 0.226 e. The number of aromatic nitrogens is 3. The summed E-state index contributed by atoms with van der Waals surface area (Å²) < 4.78 is 29.7. The van der Waals surface area contributed by atoms with Crippen LogP contribution in [-0.4, -0.2) is 56.5 Å². The lowest BCUT2D eigenvalue weighted by Gasteiger charge is -2.37. The zero-order valence-electron chi connectivity index (χ0n) is 23.3. The van der Waals surface area contributed by atoms with Crippen molar-refractivity contribution in [1.29, 1.82) is 0 Å². The largest absolute Gasteiger partial charge is 0.389 e. The van der Waals surface area contributed by atoms with Gasteiger partial charge in [-0.25, -0.2) is 13.4 Å². The third kappa shape index (κ3) is 6.37. The summed E-state index contributed by atoms with van der Waals surface area (Å²) in [7, 11) is -3.27. The van der Waals surface area contributed by atoms with Gasteiger partial charge in [0.2, 0.25) is 15.9 Å². The number of benzene rings is 2. The van der Waals surface area contributed by atoms with Gasteiger partial charge in [0.05, 0.1) is 24.2 Å². The van der Waals surface area contributed by atoms with Crippen LogP contribution in [-0.2, 0) is 27.8 Å². The summed E-state index contributed by atoms with van der Waals surface area (Å²) in [6.07, 6.45) is 7.68. The second-order valence-electron chi connectivity index (χ2n) is 10.7. The van der Waals surface area contributed by atoms with Crippen molar-refractivity contribution in [3.05, 3.63) is 78.0 Å². The fourth-order valence-corrected chi connectivity index (χ4v) is 7.66. The first-order valence-electron chi connectivity index (χ1n) is 13.9. The normalized spacial score (nSPS) is 18.0. The van der Waals surface area contributed by atoms with Crippen LogP contribution < -0.4 is 11.1 Å². The number of carbonyl (C=O) groups excluding carboxylic acids is 1. The summed E-state index contributed by atoms with van der Waals surface area (Å²) in [5.41, 5.74) is 11.5. The first-order chi connectivity index (χ1) is 19.7. The Kier molecular flexibility index (Phi) is 8.58. The van der Waals surface area contributed by atoms with E-state index in [0.29, 0.717) is 43.0 Å². The highest BCUT2D eigenvalue weighted by Crippen LogP contribution is 2.38. The number of hydrogen-bond donors (Lipinski definition) is 3. The number of piperidine rings is 1. The molecule has 4 aromatic rings. The molecule has 5 rings (SSSR count). The van der Waals surface area contributed by atoms with Crippen molar-refractivity contribution in [2.45, 2.75) is 58.2 Å². The molecule has 0 spiro atoms. The first-order valence-corrected chi connectivity index (χ1v) is 16.0. The molecule has 0 bridgehead atoms. The van der Waals surface area contributed by atoms with Crippen LogP contribution in [0.5, 0.6) is 0 Å². The van der Waals surface area contributed by atoms with Crippen molar-refractivity contribution < 1.29 is 13.2 Å². The molecule has 0 saturated carbocycles. The predicted molar refractivity (Wildman–Crippen MR) is 166 cm³/mol. The third-order valence-electron chi connectivity index (χ3n) is 7.74. The molecule has 41 heavy (non-hydrogen) atoms. The molecule has 1 aliphatic rings. The van der Waals surface area contributed by atoms with Gasteiger partial charge in [0.25, 0.3) is 0 Å². The number of nitrogens with zero attached hydrogens (tertiary/aromatic N) is 3. The zero-order chi connectivity index (χ0) is 29.1. The fourth-order valence-electron chi connectivity index (χ4n) is 5.76. The monoisotopic (exact) mass is 592 g/mol. The number of aromatic amines is 1. The molecule has 2 unspecified atom stereocenters. The minimum Gasteiger partial charge on any atom is -0.389 e. The summed E-state index contributed by atoms with van der Waals surface area (Å²) in [5, 5.41) is 4.07. The summed E-state index contributed by atoms with van der Waals surface area (Å²) in [4.78, 5) is 19.8. The molecule has 1 saturated heterocycles. The fraction of sp³-hybridized carbons (Fsp3) is 0.367. The lowest BCUT2D eigenvalue weighted by Crippen LogP contribution is -2.45. The van der Waals surface area contributed by atoms with Crippen LogP contribution in [0.15, 0.2) is 61.2 Å². The molecule has 1 aliphatic heterocycles. The Morgan fingerprint density at radius 1 is 1.24 bits per heavy atom. The molecule has 2 atom stereocenters. The molecule has 2 aromatic carbocycles. The molecular formula is C30H36N6O3S2. The van der Waals surface area contributed by atoms with Gasteiger partial charge in [-0.1, -0.05) is 49.5 Å². The number of hydrogen-bond acceptors (Lipinski definition) is 5. The molecule has 1 fully saturated rings. The Morgan fingerprint density at radius 3 is 2.78 bits per heavy atom. The van der Waals surface area contributed by atoms with Gasteiger partial charge in [-0.3, -0.25) is 4.79 Å². The van der Waals surface area contributed by atoms with Crippen LogP contribution in [0.2, 0.25) is 0 Å². The van der Waals surface area contributed by atoms with Crippen LogP contribution in [0.3, 0.4) is 0 Å². The van der Waals surface area contributed by atoms with Crippen LogP contribution in [0.1, 0.15) is 56.0 Å². The van der Waals surface area contributed by atoms with Crippen LogP contribution in [0.4, 0.5) is 0 Å². The van der Waals surface area contributed by atoms with Crippen molar-refractivity contribution in [2.75, 3.05) is 12.3 Å². The van der Waals surface area contributed by atoms with E-state index in [-0.39, 0.29) is 30.2 Å². The number of fused-ring (bicyclic) bond motifs is 1. The quantitative estimate of drug-likeness (QED) is 0.236. The molecule has 2 aromatic heterocycles. The van der Waals surface area contributed by atoms with Gasteiger partial charge in [0.15, 0.2) is 0 Å².